The molecule has 2 N–H and O–H groups in total. The molecule has 6 nitrogen and oxygen atoms in total. The van der Waals surface area contributed by atoms with Gasteiger partial charge in [0.15, 0.2) is 5.69 Å². The number of carbonyl (C=O) groups is 1. The van der Waals surface area contributed by atoms with E-state index in [-0.39, 0.29) is 32.8 Å². The van der Waals surface area contributed by atoms with Crippen molar-refractivity contribution in [1.82, 2.24) is 9.78 Å². The molecule has 1 aromatic carbocycles. The van der Waals surface area contributed by atoms with Gasteiger partial charge in [-0.15, -0.1) is 0 Å². The van der Waals surface area contributed by atoms with E-state index in [9.17, 15) is 23.2 Å². The third kappa shape index (κ3) is 3.02. The monoisotopic (exact) mass is 446 g/mol. The summed E-state index contributed by atoms with van der Waals surface area (Å²) in [5.74, 6) is -0.712. The van der Waals surface area contributed by atoms with Gasteiger partial charge in [-0.2, -0.15) is 23.5 Å². The molecule has 2 aromatic rings. The fourth-order valence-electron chi connectivity index (χ4n) is 3.70. The molecule has 1 saturated carbocycles. The van der Waals surface area contributed by atoms with Crippen LogP contribution in [0.15, 0.2) is 12.1 Å². The van der Waals surface area contributed by atoms with E-state index in [1.54, 1.807) is 13.8 Å². The van der Waals surface area contributed by atoms with Gasteiger partial charge in [-0.3, -0.25) is 4.79 Å². The fraction of sp³-hybridized carbons (Fsp3) is 0.389. The molecule has 154 valence electrons. The van der Waals surface area contributed by atoms with Crippen LogP contribution in [0.4, 0.5) is 19.0 Å². The highest BCUT2D eigenvalue weighted by Crippen LogP contribution is 2.66. The van der Waals surface area contributed by atoms with E-state index in [1.165, 1.54) is 7.11 Å². The Bertz CT molecular complexity index is 1050. The SMILES string of the molecule is COC(=O)C1(c2c(C#N)nn(-c3c(Cl)cc(C(F)(F)F)cc3Cl)c2N)CC1(C)C. The zero-order chi connectivity index (χ0) is 21.9. The molecular formula is C18H15Cl2F3N4O2. The lowest BCUT2D eigenvalue weighted by Gasteiger charge is -2.18. The van der Waals surface area contributed by atoms with Crippen molar-refractivity contribution in [2.45, 2.75) is 31.9 Å². The summed E-state index contributed by atoms with van der Waals surface area (Å²) >= 11 is 12.1. The summed E-state index contributed by atoms with van der Waals surface area (Å²) in [5, 5.41) is 12.9. The number of nitrogens with zero attached hydrogens (tertiary/aromatic N) is 3. The van der Waals surface area contributed by atoms with Crippen LogP contribution in [-0.4, -0.2) is 22.9 Å². The Labute approximate surface area is 173 Å². The summed E-state index contributed by atoms with van der Waals surface area (Å²) in [6, 6.07) is 3.25. The molecule has 3 rings (SSSR count). The maximum absolute atomic E-state index is 13.0. The molecule has 0 aliphatic heterocycles. The minimum absolute atomic E-state index is 0.124. The number of hydrogen-bond acceptors (Lipinski definition) is 5. The minimum atomic E-state index is -4.66. The van der Waals surface area contributed by atoms with Crippen LogP contribution in [0.2, 0.25) is 10.0 Å². The number of anilines is 1. The Morgan fingerprint density at radius 1 is 1.34 bits per heavy atom. The van der Waals surface area contributed by atoms with Gasteiger partial charge in [0.1, 0.15) is 23.0 Å². The zero-order valence-corrected chi connectivity index (χ0v) is 17.0. The summed E-state index contributed by atoms with van der Waals surface area (Å²) in [6.45, 7) is 3.61. The molecule has 29 heavy (non-hydrogen) atoms. The Balaban J connectivity index is 2.27. The van der Waals surface area contributed by atoms with Crippen LogP contribution in [0.25, 0.3) is 5.69 Å². The predicted molar refractivity (Wildman–Crippen MR) is 99.8 cm³/mol. The number of hydrogen-bond donors (Lipinski definition) is 1. The molecule has 1 aliphatic rings. The number of ether oxygens (including phenoxy) is 1. The number of esters is 1. The third-order valence-electron chi connectivity index (χ3n) is 5.28. The first-order chi connectivity index (χ1) is 13.3. The topological polar surface area (TPSA) is 93.9 Å². The van der Waals surface area contributed by atoms with Crippen molar-refractivity contribution in [3.8, 4) is 11.8 Å². The van der Waals surface area contributed by atoms with Crippen molar-refractivity contribution in [1.29, 1.82) is 5.26 Å². The number of carbonyl (C=O) groups excluding carboxylic acids is 1. The van der Waals surface area contributed by atoms with Crippen LogP contribution < -0.4 is 5.73 Å². The van der Waals surface area contributed by atoms with Crippen molar-refractivity contribution in [2.24, 2.45) is 5.41 Å². The maximum Gasteiger partial charge on any atom is 0.416 e. The van der Waals surface area contributed by atoms with Gasteiger partial charge in [0, 0.05) is 0 Å². The summed E-state index contributed by atoms with van der Waals surface area (Å²) in [6.07, 6.45) is -4.30. The molecule has 1 fully saturated rings. The van der Waals surface area contributed by atoms with E-state index in [4.69, 9.17) is 33.7 Å². The van der Waals surface area contributed by atoms with Crippen LogP contribution in [0.1, 0.15) is 37.1 Å². The smallest absolute Gasteiger partial charge is 0.416 e. The van der Waals surface area contributed by atoms with Crippen molar-refractivity contribution >= 4 is 35.0 Å². The number of nitriles is 1. The highest BCUT2D eigenvalue weighted by atomic mass is 35.5. The summed E-state index contributed by atoms with van der Waals surface area (Å²) in [5.41, 5.74) is 3.25. The van der Waals surface area contributed by atoms with Crippen LogP contribution in [-0.2, 0) is 21.1 Å². The van der Waals surface area contributed by atoms with Gasteiger partial charge in [-0.1, -0.05) is 37.0 Å². The second kappa shape index (κ2) is 6.54. The van der Waals surface area contributed by atoms with E-state index in [0.29, 0.717) is 18.6 Å². The number of rotatable bonds is 3. The quantitative estimate of drug-likeness (QED) is 0.700. The number of halogens is 5. The molecule has 1 aliphatic carbocycles. The van der Waals surface area contributed by atoms with Crippen molar-refractivity contribution in [2.75, 3.05) is 12.8 Å². The lowest BCUT2D eigenvalue weighted by molar-refractivity contribution is -0.144. The van der Waals surface area contributed by atoms with Gasteiger partial charge in [0.2, 0.25) is 0 Å². The maximum atomic E-state index is 13.0. The number of nitrogen functional groups attached to an aromatic ring is 1. The van der Waals surface area contributed by atoms with Crippen LogP contribution >= 0.6 is 23.2 Å². The minimum Gasteiger partial charge on any atom is -0.468 e. The van der Waals surface area contributed by atoms with Crippen molar-refractivity contribution in [3.63, 3.8) is 0 Å². The molecule has 1 atom stereocenters. The highest BCUT2D eigenvalue weighted by Gasteiger charge is 2.70. The normalized spacial score (nSPS) is 20.2. The lowest BCUT2D eigenvalue weighted by Crippen LogP contribution is -2.29. The molecule has 11 heteroatoms. The van der Waals surface area contributed by atoms with E-state index in [2.05, 4.69) is 5.10 Å². The Hall–Kier alpha value is -2.44. The zero-order valence-electron chi connectivity index (χ0n) is 15.5. The largest absolute Gasteiger partial charge is 0.468 e. The molecule has 1 heterocycles. The predicted octanol–water partition coefficient (Wildman–Crippen LogP) is 4.49. The average molecular weight is 447 g/mol. The number of benzene rings is 1. The molecule has 0 radical (unpaired) electrons. The van der Waals surface area contributed by atoms with E-state index >= 15 is 0 Å². The van der Waals surface area contributed by atoms with E-state index in [1.807, 2.05) is 6.07 Å². The summed E-state index contributed by atoms with van der Waals surface area (Å²) < 4.78 is 44.9. The molecule has 0 bridgehead atoms. The van der Waals surface area contributed by atoms with Crippen LogP contribution in [0.5, 0.6) is 0 Å². The first kappa shape index (κ1) is 21.3. The number of alkyl halides is 3. The van der Waals surface area contributed by atoms with Crippen LogP contribution in [0, 0.1) is 16.7 Å². The van der Waals surface area contributed by atoms with Gasteiger partial charge in [0.25, 0.3) is 0 Å². The molecular weight excluding hydrogens is 432 g/mol. The Kier molecular flexibility index (Phi) is 4.80. The number of methoxy groups -OCH3 is 1. The second-order valence-corrected chi connectivity index (χ2v) is 8.19. The molecule has 0 amide bonds. The van der Waals surface area contributed by atoms with Crippen molar-refractivity contribution < 1.29 is 22.7 Å². The Morgan fingerprint density at radius 3 is 2.24 bits per heavy atom. The molecule has 1 aromatic heterocycles. The van der Waals surface area contributed by atoms with Gasteiger partial charge >= 0.3 is 12.1 Å². The van der Waals surface area contributed by atoms with Crippen molar-refractivity contribution in [3.05, 3.63) is 39.0 Å². The van der Waals surface area contributed by atoms with Gasteiger partial charge in [-0.25, -0.2) is 4.68 Å². The average Bonchev–Trinajstić information content (AvgIpc) is 3.04. The molecule has 0 spiro atoms. The first-order valence-electron chi connectivity index (χ1n) is 8.26. The summed E-state index contributed by atoms with van der Waals surface area (Å²) in [4.78, 5) is 12.6. The highest BCUT2D eigenvalue weighted by molar-refractivity contribution is 6.38. The third-order valence-corrected chi connectivity index (χ3v) is 5.86. The van der Waals surface area contributed by atoms with Gasteiger partial charge in [-0.05, 0) is 24.0 Å². The number of aromatic nitrogens is 2. The Morgan fingerprint density at radius 2 is 1.86 bits per heavy atom. The summed E-state index contributed by atoms with van der Waals surface area (Å²) in [7, 11) is 1.22. The van der Waals surface area contributed by atoms with E-state index < -0.39 is 28.5 Å². The number of nitrogens with two attached hydrogens (primary N) is 1. The van der Waals surface area contributed by atoms with Gasteiger partial charge in [0.05, 0.1) is 28.3 Å². The molecule has 1 unspecified atom stereocenters. The van der Waals surface area contributed by atoms with Gasteiger partial charge < -0.3 is 10.5 Å². The second-order valence-electron chi connectivity index (χ2n) is 7.38. The molecule has 0 saturated heterocycles. The fourth-order valence-corrected chi connectivity index (χ4v) is 4.35. The van der Waals surface area contributed by atoms with E-state index in [0.717, 1.165) is 4.68 Å². The standard InChI is InChI=1S/C18H15Cl2F3N4O2/c1-16(2)7-17(16,15(28)29-3)12-11(6-24)26-27(14(12)25)13-9(19)4-8(5-10(13)20)18(21,22)23/h4-5H,7,25H2,1-3H3. The lowest BCUT2D eigenvalue weighted by atomic mass is 9.87. The first-order valence-corrected chi connectivity index (χ1v) is 9.01. The van der Waals surface area contributed by atoms with Crippen LogP contribution in [0.3, 0.4) is 0 Å².